The number of unbranched alkanes of at least 4 members (excludes halogenated alkanes) is 13. The van der Waals surface area contributed by atoms with Gasteiger partial charge in [-0.15, -0.1) is 0 Å². The molecule has 0 aliphatic rings. The third-order valence-electron chi connectivity index (χ3n) is 6.23. The van der Waals surface area contributed by atoms with Crippen LogP contribution in [0.2, 0.25) is 0 Å². The van der Waals surface area contributed by atoms with Crippen molar-refractivity contribution in [3.8, 4) is 0 Å². The molecule has 0 saturated carbocycles. The molecule has 0 aliphatic carbocycles. The number of benzene rings is 1. The predicted molar refractivity (Wildman–Crippen MR) is 123 cm³/mol. The van der Waals surface area contributed by atoms with Gasteiger partial charge in [0.05, 0.1) is 0 Å². The maximum atomic E-state index is 6.06. The van der Waals surface area contributed by atoms with E-state index in [0.717, 1.165) is 0 Å². The van der Waals surface area contributed by atoms with Crippen molar-refractivity contribution in [1.29, 1.82) is 0 Å². The van der Waals surface area contributed by atoms with Crippen molar-refractivity contribution in [2.45, 2.75) is 130 Å². The van der Waals surface area contributed by atoms with Crippen LogP contribution in [-0.4, -0.2) is 0 Å². The molecule has 27 heavy (non-hydrogen) atoms. The van der Waals surface area contributed by atoms with Gasteiger partial charge < -0.3 is 5.73 Å². The van der Waals surface area contributed by atoms with Crippen molar-refractivity contribution >= 4 is 0 Å². The van der Waals surface area contributed by atoms with Gasteiger partial charge in [-0.1, -0.05) is 103 Å². The first kappa shape index (κ1) is 24.2. The average Bonchev–Trinajstić information content (AvgIpc) is 2.65. The zero-order valence-corrected chi connectivity index (χ0v) is 18.9. The third-order valence-corrected chi connectivity index (χ3v) is 6.23. The highest BCUT2D eigenvalue weighted by Gasteiger charge is 2.09. The van der Waals surface area contributed by atoms with Crippen LogP contribution in [0.15, 0.2) is 12.1 Å². The van der Waals surface area contributed by atoms with Crippen molar-refractivity contribution in [1.82, 2.24) is 0 Å². The van der Waals surface area contributed by atoms with Crippen LogP contribution in [0.5, 0.6) is 0 Å². The first-order valence-electron chi connectivity index (χ1n) is 11.9. The molecule has 0 aliphatic heterocycles. The molecule has 1 aromatic rings. The first-order valence-corrected chi connectivity index (χ1v) is 11.9. The molecule has 0 saturated heterocycles. The van der Waals surface area contributed by atoms with Crippen molar-refractivity contribution in [3.63, 3.8) is 0 Å². The summed E-state index contributed by atoms with van der Waals surface area (Å²) >= 11 is 0. The minimum atomic E-state index is 0.138. The van der Waals surface area contributed by atoms with Crippen LogP contribution in [0.4, 0.5) is 0 Å². The second kappa shape index (κ2) is 15.1. The lowest BCUT2D eigenvalue weighted by molar-refractivity contribution is 0.535. The summed E-state index contributed by atoms with van der Waals surface area (Å²) in [5.74, 6) is 0. The summed E-state index contributed by atoms with van der Waals surface area (Å²) in [4.78, 5) is 0. The molecular formula is C26H47N. The fourth-order valence-corrected chi connectivity index (χ4v) is 4.17. The lowest BCUT2D eigenvalue weighted by Crippen LogP contribution is -2.08. The summed E-state index contributed by atoms with van der Waals surface area (Å²) in [5.41, 5.74) is 11.7. The molecule has 2 N–H and O–H groups in total. The number of rotatable bonds is 16. The second-order valence-electron chi connectivity index (χ2n) is 8.70. The molecule has 1 atom stereocenters. The topological polar surface area (TPSA) is 26.0 Å². The van der Waals surface area contributed by atoms with E-state index in [0.29, 0.717) is 0 Å². The molecular weight excluding hydrogens is 326 g/mol. The summed E-state index contributed by atoms with van der Waals surface area (Å²) in [7, 11) is 0. The lowest BCUT2D eigenvalue weighted by atomic mass is 9.92. The van der Waals surface area contributed by atoms with Crippen LogP contribution in [0.25, 0.3) is 0 Å². The van der Waals surface area contributed by atoms with E-state index in [-0.39, 0.29) is 6.04 Å². The minimum Gasteiger partial charge on any atom is -0.324 e. The van der Waals surface area contributed by atoms with E-state index >= 15 is 0 Å². The zero-order valence-electron chi connectivity index (χ0n) is 18.9. The number of nitrogens with two attached hydrogens (primary N) is 1. The Balaban J connectivity index is 2.00. The highest BCUT2D eigenvalue weighted by Crippen LogP contribution is 2.23. The quantitative estimate of drug-likeness (QED) is 0.289. The molecule has 1 aromatic carbocycles. The monoisotopic (exact) mass is 373 g/mol. The Kier molecular flexibility index (Phi) is 13.6. The Hall–Kier alpha value is -0.820. The summed E-state index contributed by atoms with van der Waals surface area (Å²) in [6, 6.07) is 4.69. The van der Waals surface area contributed by atoms with Gasteiger partial charge in [0.2, 0.25) is 0 Å². The Bertz CT molecular complexity index is 489. The van der Waals surface area contributed by atoms with Gasteiger partial charge in [0, 0.05) is 6.04 Å². The molecule has 1 heteroatoms. The van der Waals surface area contributed by atoms with Crippen molar-refractivity contribution in [3.05, 3.63) is 34.4 Å². The van der Waals surface area contributed by atoms with Crippen LogP contribution < -0.4 is 5.73 Å². The molecule has 0 heterocycles. The second-order valence-corrected chi connectivity index (χ2v) is 8.70. The maximum Gasteiger partial charge on any atom is 0.0268 e. The van der Waals surface area contributed by atoms with Crippen molar-refractivity contribution in [2.24, 2.45) is 5.73 Å². The average molecular weight is 374 g/mol. The van der Waals surface area contributed by atoms with Gasteiger partial charge in [-0.2, -0.15) is 0 Å². The molecule has 0 radical (unpaired) electrons. The van der Waals surface area contributed by atoms with Crippen molar-refractivity contribution < 1.29 is 0 Å². The Morgan fingerprint density at radius 3 is 1.56 bits per heavy atom. The van der Waals surface area contributed by atoms with Gasteiger partial charge in [-0.25, -0.2) is 0 Å². The van der Waals surface area contributed by atoms with Gasteiger partial charge in [0.25, 0.3) is 0 Å². The van der Waals surface area contributed by atoms with E-state index < -0.39 is 0 Å². The summed E-state index contributed by atoms with van der Waals surface area (Å²) in [6.45, 7) is 8.86. The molecule has 0 spiro atoms. The van der Waals surface area contributed by atoms with Gasteiger partial charge in [0.1, 0.15) is 0 Å². The van der Waals surface area contributed by atoms with E-state index in [2.05, 4.69) is 39.8 Å². The Morgan fingerprint density at radius 1 is 0.667 bits per heavy atom. The largest absolute Gasteiger partial charge is 0.324 e. The molecule has 1 rings (SSSR count). The van der Waals surface area contributed by atoms with Crippen LogP contribution >= 0.6 is 0 Å². The van der Waals surface area contributed by atoms with Gasteiger partial charge in [-0.3, -0.25) is 0 Å². The number of aryl methyl sites for hydroxylation is 1. The summed E-state index contributed by atoms with van der Waals surface area (Å²) in [6.07, 6.45) is 21.2. The predicted octanol–water partition coefficient (Wildman–Crippen LogP) is 8.35. The molecule has 0 fully saturated rings. The van der Waals surface area contributed by atoms with E-state index in [4.69, 9.17) is 5.73 Å². The molecule has 0 aromatic heterocycles. The van der Waals surface area contributed by atoms with Gasteiger partial charge in [0.15, 0.2) is 0 Å². The highest BCUT2D eigenvalue weighted by atomic mass is 14.6. The maximum absolute atomic E-state index is 6.06. The van der Waals surface area contributed by atoms with E-state index in [1.165, 1.54) is 119 Å². The molecule has 0 amide bonds. The van der Waals surface area contributed by atoms with E-state index in [9.17, 15) is 0 Å². The molecule has 1 unspecified atom stereocenters. The molecule has 1 nitrogen and oxygen atoms in total. The molecule has 0 bridgehead atoms. The fraction of sp³-hybridized carbons (Fsp3) is 0.769. The lowest BCUT2D eigenvalue weighted by Gasteiger charge is -2.16. The normalized spacial score (nSPS) is 12.5. The number of hydrogen-bond acceptors (Lipinski definition) is 1. The smallest absolute Gasteiger partial charge is 0.0268 e. The van der Waals surface area contributed by atoms with E-state index in [1.54, 1.807) is 0 Å². The van der Waals surface area contributed by atoms with Crippen LogP contribution in [0.3, 0.4) is 0 Å². The van der Waals surface area contributed by atoms with Crippen molar-refractivity contribution in [2.75, 3.05) is 0 Å². The van der Waals surface area contributed by atoms with Gasteiger partial charge >= 0.3 is 0 Å². The summed E-state index contributed by atoms with van der Waals surface area (Å²) < 4.78 is 0. The fourth-order valence-electron chi connectivity index (χ4n) is 4.17. The summed E-state index contributed by atoms with van der Waals surface area (Å²) in [5, 5.41) is 0. The first-order chi connectivity index (χ1) is 13.1. The third kappa shape index (κ3) is 10.3. The number of hydrogen-bond donors (Lipinski definition) is 1. The van der Waals surface area contributed by atoms with Crippen LogP contribution in [-0.2, 0) is 6.42 Å². The minimum absolute atomic E-state index is 0.138. The van der Waals surface area contributed by atoms with Crippen LogP contribution in [0.1, 0.15) is 132 Å². The highest BCUT2D eigenvalue weighted by molar-refractivity contribution is 5.40. The Morgan fingerprint density at radius 2 is 1.11 bits per heavy atom. The Labute approximate surface area is 170 Å². The van der Waals surface area contributed by atoms with E-state index in [1.807, 2.05) is 0 Å². The SMILES string of the molecule is CCCCCCCCCCCCCCCCc1ccc(C(C)N)c(C)c1C. The zero-order chi connectivity index (χ0) is 19.9. The molecule has 156 valence electrons. The standard InChI is InChI=1S/C26H47N/c1-5-6-7-8-9-10-11-12-13-14-15-16-17-18-19-25-20-21-26(24(4)27)23(3)22(25)2/h20-21,24H,5-19,27H2,1-4H3. The van der Waals surface area contributed by atoms with Gasteiger partial charge in [-0.05, 0) is 55.9 Å². The van der Waals surface area contributed by atoms with Crippen LogP contribution in [0, 0.1) is 13.8 Å².